The average molecular weight is 366 g/mol. The molecule has 1 N–H and O–H groups in total. The second kappa shape index (κ2) is 6.78. The fourth-order valence-electron chi connectivity index (χ4n) is 3.76. The second-order valence-corrected chi connectivity index (χ2v) is 7.04. The number of carbonyl (C=O) groups excluding carboxylic acids is 1. The molecule has 0 saturated heterocycles. The number of nitrogens with one attached hydrogen (secondary N) is 1. The first-order valence-corrected chi connectivity index (χ1v) is 8.68. The number of fused-ring (bicyclic) bond motifs is 1. The van der Waals surface area contributed by atoms with E-state index in [0.717, 1.165) is 34.3 Å². The molecule has 4 nitrogen and oxygen atoms in total. The lowest BCUT2D eigenvalue weighted by Crippen LogP contribution is -2.46. The highest BCUT2D eigenvalue weighted by molar-refractivity contribution is 5.84. The maximum absolute atomic E-state index is 13.0. The van der Waals surface area contributed by atoms with Crippen LogP contribution in [0.2, 0.25) is 0 Å². The molecule has 3 rings (SSSR count). The minimum Gasteiger partial charge on any atom is -0.327 e. The number of pyridine rings is 1. The Labute approximate surface area is 149 Å². The summed E-state index contributed by atoms with van der Waals surface area (Å²) in [6, 6.07) is 4.90. The van der Waals surface area contributed by atoms with Gasteiger partial charge in [0.05, 0.1) is 6.54 Å². The van der Waals surface area contributed by atoms with Gasteiger partial charge in [0.2, 0.25) is 0 Å². The zero-order valence-electron chi connectivity index (χ0n) is 14.7. The van der Waals surface area contributed by atoms with Gasteiger partial charge >= 0.3 is 12.1 Å². The van der Waals surface area contributed by atoms with Crippen molar-refractivity contribution in [1.29, 1.82) is 0 Å². The van der Waals surface area contributed by atoms with Crippen LogP contribution in [0.5, 0.6) is 0 Å². The van der Waals surface area contributed by atoms with Crippen LogP contribution in [0.1, 0.15) is 42.4 Å². The van der Waals surface area contributed by atoms with Crippen LogP contribution in [0.25, 0.3) is 10.9 Å². The zero-order valence-corrected chi connectivity index (χ0v) is 14.7. The molecule has 7 heteroatoms. The quantitative estimate of drug-likeness (QED) is 0.893. The average Bonchev–Trinajstić information content (AvgIpc) is 3.05. The lowest BCUT2D eigenvalue weighted by atomic mass is 10.0. The van der Waals surface area contributed by atoms with Crippen LogP contribution < -0.4 is 5.56 Å². The summed E-state index contributed by atoms with van der Waals surface area (Å²) in [6.07, 6.45) is -2.30. The van der Waals surface area contributed by atoms with E-state index >= 15 is 0 Å². The standard InChI is InChI=1S/C19H21F3N2O2/c1-11-7-12(2)15-9-13(17(25)23-16(15)8-11)10-24(14-5-3-4-6-14)18(26)19(20,21)22/h7-9,14H,3-6,10H2,1-2H3,(H,23,25). The van der Waals surface area contributed by atoms with E-state index in [4.69, 9.17) is 0 Å². The fourth-order valence-corrected chi connectivity index (χ4v) is 3.76. The number of alkyl halides is 3. The predicted octanol–water partition coefficient (Wildman–Crippen LogP) is 3.98. The van der Waals surface area contributed by atoms with Crippen molar-refractivity contribution in [3.05, 3.63) is 45.2 Å². The van der Waals surface area contributed by atoms with Gasteiger partial charge in [0.25, 0.3) is 5.56 Å². The summed E-state index contributed by atoms with van der Waals surface area (Å²) >= 11 is 0. The highest BCUT2D eigenvalue weighted by Gasteiger charge is 2.45. The number of hydrogen-bond acceptors (Lipinski definition) is 2. The lowest BCUT2D eigenvalue weighted by Gasteiger charge is -2.29. The van der Waals surface area contributed by atoms with Gasteiger partial charge in [-0.15, -0.1) is 0 Å². The monoisotopic (exact) mass is 366 g/mol. The molecule has 1 aliphatic rings. The molecule has 0 unspecified atom stereocenters. The van der Waals surface area contributed by atoms with Gasteiger partial charge in [0.1, 0.15) is 0 Å². The number of nitrogens with zero attached hydrogens (tertiary/aromatic N) is 1. The van der Waals surface area contributed by atoms with Crippen molar-refractivity contribution < 1.29 is 18.0 Å². The third-order valence-electron chi connectivity index (χ3n) is 5.00. The van der Waals surface area contributed by atoms with Crippen LogP contribution in [0.15, 0.2) is 23.0 Å². The van der Waals surface area contributed by atoms with E-state index < -0.39 is 23.7 Å². The number of aromatic nitrogens is 1. The van der Waals surface area contributed by atoms with Gasteiger partial charge < -0.3 is 9.88 Å². The van der Waals surface area contributed by atoms with Gasteiger partial charge in [0.15, 0.2) is 0 Å². The Morgan fingerprint density at radius 2 is 1.85 bits per heavy atom. The largest absolute Gasteiger partial charge is 0.471 e. The van der Waals surface area contributed by atoms with E-state index in [2.05, 4.69) is 4.98 Å². The summed E-state index contributed by atoms with van der Waals surface area (Å²) < 4.78 is 39.1. The number of aromatic amines is 1. The van der Waals surface area contributed by atoms with Crippen molar-refractivity contribution in [3.8, 4) is 0 Å². The Bertz CT molecular complexity index is 896. The van der Waals surface area contributed by atoms with Gasteiger partial charge in [-0.3, -0.25) is 9.59 Å². The molecule has 0 spiro atoms. The van der Waals surface area contributed by atoms with Crippen molar-refractivity contribution in [2.45, 2.75) is 58.3 Å². The van der Waals surface area contributed by atoms with Crippen molar-refractivity contribution in [3.63, 3.8) is 0 Å². The Balaban J connectivity index is 2.02. The number of H-pyrrole nitrogens is 1. The number of hydrogen-bond donors (Lipinski definition) is 1. The topological polar surface area (TPSA) is 53.2 Å². The molecule has 0 radical (unpaired) electrons. The van der Waals surface area contributed by atoms with E-state index in [-0.39, 0.29) is 12.1 Å². The van der Waals surface area contributed by atoms with Gasteiger partial charge in [-0.2, -0.15) is 13.2 Å². The molecule has 140 valence electrons. The molecule has 0 atom stereocenters. The van der Waals surface area contributed by atoms with Crippen molar-refractivity contribution in [1.82, 2.24) is 9.88 Å². The van der Waals surface area contributed by atoms with E-state index in [0.29, 0.717) is 18.4 Å². The second-order valence-electron chi connectivity index (χ2n) is 7.04. The molecule has 0 aliphatic heterocycles. The molecule has 1 amide bonds. The number of benzene rings is 1. The molecule has 1 aromatic carbocycles. The summed E-state index contributed by atoms with van der Waals surface area (Å²) in [6.45, 7) is 3.46. The molecule has 26 heavy (non-hydrogen) atoms. The summed E-state index contributed by atoms with van der Waals surface area (Å²) in [5.41, 5.74) is 2.27. The number of carbonyl (C=O) groups is 1. The third-order valence-corrected chi connectivity index (χ3v) is 5.00. The molecule has 2 aromatic rings. The van der Waals surface area contributed by atoms with Gasteiger partial charge in [-0.25, -0.2) is 0 Å². The van der Waals surface area contributed by atoms with Crippen LogP contribution in [-0.4, -0.2) is 28.0 Å². The maximum Gasteiger partial charge on any atom is 0.471 e. The van der Waals surface area contributed by atoms with Crippen LogP contribution in [0, 0.1) is 13.8 Å². The number of amides is 1. The fraction of sp³-hybridized carbons (Fsp3) is 0.474. The molecular weight excluding hydrogens is 345 g/mol. The SMILES string of the molecule is Cc1cc(C)c2cc(CN(C(=O)C(F)(F)F)C3CCCC3)c(=O)[nH]c2c1. The molecule has 1 fully saturated rings. The van der Waals surface area contributed by atoms with E-state index in [1.807, 2.05) is 26.0 Å². The first-order valence-electron chi connectivity index (χ1n) is 8.68. The molecule has 0 bridgehead atoms. The molecule has 1 aliphatic carbocycles. The Morgan fingerprint density at radius 1 is 1.19 bits per heavy atom. The van der Waals surface area contributed by atoms with Crippen molar-refractivity contribution in [2.75, 3.05) is 0 Å². The highest BCUT2D eigenvalue weighted by Crippen LogP contribution is 2.29. The minimum atomic E-state index is -4.95. The van der Waals surface area contributed by atoms with E-state index in [9.17, 15) is 22.8 Å². The molecule has 1 heterocycles. The summed E-state index contributed by atoms with van der Waals surface area (Å²) in [5, 5.41) is 0.774. The van der Waals surface area contributed by atoms with Gasteiger partial charge in [-0.1, -0.05) is 18.9 Å². The molecular formula is C19H21F3N2O2. The number of rotatable bonds is 3. The Morgan fingerprint density at radius 3 is 2.46 bits per heavy atom. The lowest BCUT2D eigenvalue weighted by molar-refractivity contribution is -0.188. The Hall–Kier alpha value is -2.31. The van der Waals surface area contributed by atoms with Crippen LogP contribution in [-0.2, 0) is 11.3 Å². The van der Waals surface area contributed by atoms with E-state index in [1.54, 1.807) is 6.07 Å². The maximum atomic E-state index is 13.0. The zero-order chi connectivity index (χ0) is 19.1. The Kier molecular flexibility index (Phi) is 4.82. The third kappa shape index (κ3) is 3.61. The first-order chi connectivity index (χ1) is 12.2. The summed E-state index contributed by atoms with van der Waals surface area (Å²) in [4.78, 5) is 27.9. The number of halogens is 3. The van der Waals surface area contributed by atoms with Gasteiger partial charge in [-0.05, 0) is 49.9 Å². The smallest absolute Gasteiger partial charge is 0.327 e. The van der Waals surface area contributed by atoms with Crippen LogP contribution in [0.4, 0.5) is 13.2 Å². The highest BCUT2D eigenvalue weighted by atomic mass is 19.4. The van der Waals surface area contributed by atoms with Crippen LogP contribution in [0.3, 0.4) is 0 Å². The summed E-state index contributed by atoms with van der Waals surface area (Å²) in [7, 11) is 0. The van der Waals surface area contributed by atoms with Crippen molar-refractivity contribution in [2.24, 2.45) is 0 Å². The van der Waals surface area contributed by atoms with Crippen LogP contribution >= 0.6 is 0 Å². The summed E-state index contributed by atoms with van der Waals surface area (Å²) in [5.74, 6) is -1.87. The van der Waals surface area contributed by atoms with Crippen molar-refractivity contribution >= 4 is 16.8 Å². The number of aryl methyl sites for hydroxylation is 2. The first kappa shape index (κ1) is 18.5. The van der Waals surface area contributed by atoms with Gasteiger partial charge in [0, 0.05) is 22.5 Å². The minimum absolute atomic E-state index is 0.175. The predicted molar refractivity (Wildman–Crippen MR) is 92.9 cm³/mol. The molecule has 1 aromatic heterocycles. The van der Waals surface area contributed by atoms with E-state index in [1.165, 1.54) is 0 Å². The molecule has 1 saturated carbocycles. The normalized spacial score (nSPS) is 15.6.